The van der Waals surface area contributed by atoms with Crippen molar-refractivity contribution in [3.8, 4) is 5.75 Å². The number of aryl methyl sites for hydroxylation is 1. The van der Waals surface area contributed by atoms with E-state index in [0.29, 0.717) is 27.7 Å². The Labute approximate surface area is 188 Å². The zero-order valence-electron chi connectivity index (χ0n) is 19.1. The molecular formula is C26H30N2O4. The first-order chi connectivity index (χ1) is 15.3. The summed E-state index contributed by atoms with van der Waals surface area (Å²) in [6.45, 7) is 6.26. The van der Waals surface area contributed by atoms with Crippen LogP contribution in [0, 0.1) is 13.8 Å². The minimum absolute atomic E-state index is 0.00756. The van der Waals surface area contributed by atoms with Gasteiger partial charge in [-0.1, -0.05) is 12.1 Å². The van der Waals surface area contributed by atoms with Gasteiger partial charge >= 0.3 is 0 Å². The van der Waals surface area contributed by atoms with Crippen molar-refractivity contribution >= 4 is 16.9 Å². The number of hydrogen-bond acceptors (Lipinski definition) is 5. The summed E-state index contributed by atoms with van der Waals surface area (Å²) in [6, 6.07) is 11.0. The first-order valence-electron chi connectivity index (χ1n) is 11.0. The second kappa shape index (κ2) is 8.79. The van der Waals surface area contributed by atoms with Crippen LogP contribution in [0.5, 0.6) is 5.75 Å². The quantitative estimate of drug-likeness (QED) is 0.666. The fraction of sp³-hybridized carbons (Fsp3) is 0.385. The van der Waals surface area contributed by atoms with Crippen molar-refractivity contribution < 1.29 is 14.3 Å². The van der Waals surface area contributed by atoms with Crippen LogP contribution >= 0.6 is 0 Å². The van der Waals surface area contributed by atoms with Crippen molar-refractivity contribution in [3.05, 3.63) is 74.6 Å². The number of fused-ring (bicyclic) bond motifs is 1. The summed E-state index contributed by atoms with van der Waals surface area (Å²) in [5, 5.41) is 10.6. The Morgan fingerprint density at radius 1 is 1.06 bits per heavy atom. The Hall–Kier alpha value is -3.12. The number of carbonyl (C=O) groups excluding carboxylic acids is 1. The van der Waals surface area contributed by atoms with E-state index in [0.717, 1.165) is 38.2 Å². The standard InChI is InChI=1S/C26H30N2O4/c1-16-22(29)10-9-21-23(30)17(2)24(32-25(16)21)19-11-13-28(14-12-19)15-18-5-7-20(8-6-18)26(31)27(3)4/h5-10,19,29H,11-15H2,1-4H3. The molecule has 2 heterocycles. The molecule has 1 aliphatic rings. The third-order valence-electron chi connectivity index (χ3n) is 6.52. The van der Waals surface area contributed by atoms with Crippen LogP contribution in [0.3, 0.4) is 0 Å². The summed E-state index contributed by atoms with van der Waals surface area (Å²) in [6.07, 6.45) is 1.81. The van der Waals surface area contributed by atoms with Gasteiger partial charge in [0.2, 0.25) is 0 Å². The molecular weight excluding hydrogens is 404 g/mol. The third-order valence-corrected chi connectivity index (χ3v) is 6.52. The van der Waals surface area contributed by atoms with Crippen LogP contribution in [-0.2, 0) is 6.54 Å². The topological polar surface area (TPSA) is 74.0 Å². The molecule has 1 N–H and O–H groups in total. The molecule has 1 fully saturated rings. The van der Waals surface area contributed by atoms with Gasteiger partial charge in [0.1, 0.15) is 17.1 Å². The maximum Gasteiger partial charge on any atom is 0.253 e. The third kappa shape index (κ3) is 4.15. The van der Waals surface area contributed by atoms with Crippen molar-refractivity contribution in [3.63, 3.8) is 0 Å². The Kier molecular flexibility index (Phi) is 6.07. The number of phenols is 1. The molecule has 4 rings (SSSR count). The van der Waals surface area contributed by atoms with Crippen LogP contribution < -0.4 is 5.43 Å². The summed E-state index contributed by atoms with van der Waals surface area (Å²) >= 11 is 0. The van der Waals surface area contributed by atoms with E-state index < -0.39 is 0 Å². The summed E-state index contributed by atoms with van der Waals surface area (Å²) in [5.74, 6) is 1.09. The van der Waals surface area contributed by atoms with Crippen LogP contribution in [0.25, 0.3) is 11.0 Å². The van der Waals surface area contributed by atoms with Gasteiger partial charge < -0.3 is 14.4 Å². The van der Waals surface area contributed by atoms with E-state index in [4.69, 9.17) is 4.42 Å². The number of piperidine rings is 1. The summed E-state index contributed by atoms with van der Waals surface area (Å²) < 4.78 is 6.22. The number of aromatic hydroxyl groups is 1. The van der Waals surface area contributed by atoms with E-state index in [9.17, 15) is 14.7 Å². The van der Waals surface area contributed by atoms with E-state index >= 15 is 0 Å². The molecule has 0 radical (unpaired) electrons. The number of carbonyl (C=O) groups is 1. The molecule has 0 unspecified atom stereocenters. The molecule has 0 saturated carbocycles. The highest BCUT2D eigenvalue weighted by Gasteiger charge is 2.26. The first-order valence-corrected chi connectivity index (χ1v) is 11.0. The van der Waals surface area contributed by atoms with Gasteiger partial charge in [0, 0.05) is 43.2 Å². The molecule has 0 spiro atoms. The molecule has 3 aromatic rings. The second-order valence-electron chi connectivity index (χ2n) is 8.95. The molecule has 1 amide bonds. The van der Waals surface area contributed by atoms with Crippen molar-refractivity contribution in [2.24, 2.45) is 0 Å². The van der Waals surface area contributed by atoms with Gasteiger partial charge in [-0.05, 0) is 69.6 Å². The van der Waals surface area contributed by atoms with Gasteiger partial charge in [0.15, 0.2) is 5.43 Å². The van der Waals surface area contributed by atoms with Crippen LogP contribution in [0.4, 0.5) is 0 Å². The van der Waals surface area contributed by atoms with Crippen LogP contribution in [-0.4, -0.2) is 48.0 Å². The van der Waals surface area contributed by atoms with E-state index in [1.165, 1.54) is 5.56 Å². The average Bonchev–Trinajstić information content (AvgIpc) is 2.79. The zero-order chi connectivity index (χ0) is 23.0. The van der Waals surface area contributed by atoms with Gasteiger partial charge in [-0.15, -0.1) is 0 Å². The van der Waals surface area contributed by atoms with Gasteiger partial charge in [0.25, 0.3) is 5.91 Å². The van der Waals surface area contributed by atoms with Crippen LogP contribution in [0.1, 0.15) is 51.6 Å². The van der Waals surface area contributed by atoms with Crippen molar-refractivity contribution in [1.29, 1.82) is 0 Å². The van der Waals surface area contributed by atoms with Gasteiger partial charge in [-0.3, -0.25) is 14.5 Å². The molecule has 2 aromatic carbocycles. The number of amides is 1. The predicted octanol–water partition coefficient (Wildman–Crippen LogP) is 4.20. The van der Waals surface area contributed by atoms with E-state index in [2.05, 4.69) is 4.90 Å². The fourth-order valence-electron chi connectivity index (χ4n) is 4.50. The predicted molar refractivity (Wildman–Crippen MR) is 125 cm³/mol. The van der Waals surface area contributed by atoms with Crippen molar-refractivity contribution in [2.75, 3.05) is 27.2 Å². The molecule has 1 saturated heterocycles. The van der Waals surface area contributed by atoms with E-state index in [1.807, 2.05) is 31.2 Å². The van der Waals surface area contributed by atoms with E-state index in [1.54, 1.807) is 38.1 Å². The zero-order valence-corrected chi connectivity index (χ0v) is 19.1. The lowest BCUT2D eigenvalue weighted by molar-refractivity contribution is 0.0827. The maximum atomic E-state index is 12.9. The molecule has 168 valence electrons. The smallest absolute Gasteiger partial charge is 0.253 e. The lowest BCUT2D eigenvalue weighted by Crippen LogP contribution is -2.33. The summed E-state index contributed by atoms with van der Waals surface area (Å²) in [5.41, 5.74) is 3.63. The molecule has 0 bridgehead atoms. The van der Waals surface area contributed by atoms with Gasteiger partial charge in [0.05, 0.1) is 5.39 Å². The number of nitrogens with zero attached hydrogens (tertiary/aromatic N) is 2. The largest absolute Gasteiger partial charge is 0.508 e. The summed E-state index contributed by atoms with van der Waals surface area (Å²) in [4.78, 5) is 28.9. The molecule has 6 nitrogen and oxygen atoms in total. The van der Waals surface area contributed by atoms with Crippen LogP contribution in [0.2, 0.25) is 0 Å². The highest BCUT2D eigenvalue weighted by Crippen LogP contribution is 2.34. The number of phenolic OH excluding ortho intramolecular Hbond substituents is 1. The average molecular weight is 435 g/mol. The van der Waals surface area contributed by atoms with Gasteiger partial charge in [-0.2, -0.15) is 0 Å². The summed E-state index contributed by atoms with van der Waals surface area (Å²) in [7, 11) is 3.51. The Morgan fingerprint density at radius 3 is 2.34 bits per heavy atom. The number of benzene rings is 2. The minimum atomic E-state index is -0.0147. The number of rotatable bonds is 4. The second-order valence-corrected chi connectivity index (χ2v) is 8.95. The minimum Gasteiger partial charge on any atom is -0.508 e. The highest BCUT2D eigenvalue weighted by atomic mass is 16.3. The normalized spacial score (nSPS) is 15.2. The lowest BCUT2D eigenvalue weighted by atomic mass is 9.91. The molecule has 32 heavy (non-hydrogen) atoms. The number of likely N-dealkylation sites (tertiary alicyclic amines) is 1. The Balaban J connectivity index is 1.47. The van der Waals surface area contributed by atoms with E-state index in [-0.39, 0.29) is 23.0 Å². The molecule has 1 aromatic heterocycles. The number of hydrogen-bond donors (Lipinski definition) is 1. The Morgan fingerprint density at radius 2 is 1.72 bits per heavy atom. The first kappa shape index (κ1) is 22.1. The van der Waals surface area contributed by atoms with Gasteiger partial charge in [-0.25, -0.2) is 0 Å². The molecule has 0 aliphatic carbocycles. The van der Waals surface area contributed by atoms with Crippen LogP contribution in [0.15, 0.2) is 45.6 Å². The lowest BCUT2D eigenvalue weighted by Gasteiger charge is -2.32. The SMILES string of the molecule is Cc1c(C2CCN(Cc3ccc(C(=O)N(C)C)cc3)CC2)oc2c(C)c(O)ccc2c1=O. The van der Waals surface area contributed by atoms with Crippen molar-refractivity contribution in [1.82, 2.24) is 9.80 Å². The fourth-order valence-corrected chi connectivity index (χ4v) is 4.50. The molecule has 0 atom stereocenters. The molecule has 6 heteroatoms. The maximum absolute atomic E-state index is 12.9. The molecule has 1 aliphatic heterocycles. The monoisotopic (exact) mass is 434 g/mol. The Bertz CT molecular complexity index is 1200. The highest BCUT2D eigenvalue weighted by molar-refractivity contribution is 5.93. The van der Waals surface area contributed by atoms with Crippen molar-refractivity contribution in [2.45, 2.75) is 39.2 Å².